The van der Waals surface area contributed by atoms with Crippen molar-refractivity contribution >= 4 is 11.3 Å². The zero-order valence-electron chi connectivity index (χ0n) is 14.8. The smallest absolute Gasteiger partial charge is 0.113 e. The Balaban J connectivity index is 2.44. The van der Waals surface area contributed by atoms with E-state index in [-0.39, 0.29) is 11.0 Å². The summed E-state index contributed by atoms with van der Waals surface area (Å²) in [4.78, 5) is 5.07. The quantitative estimate of drug-likeness (QED) is 0.855. The number of hydrogen-bond donors (Lipinski definition) is 1. The van der Waals surface area contributed by atoms with Gasteiger partial charge in [-0.1, -0.05) is 48.0 Å². The fourth-order valence-electron chi connectivity index (χ4n) is 3.88. The molecule has 0 aromatic carbocycles. The van der Waals surface area contributed by atoms with Crippen LogP contribution in [0.25, 0.3) is 0 Å². The van der Waals surface area contributed by atoms with Crippen LogP contribution in [0.2, 0.25) is 0 Å². The van der Waals surface area contributed by atoms with Crippen molar-refractivity contribution in [1.82, 2.24) is 10.3 Å². The van der Waals surface area contributed by atoms with Crippen LogP contribution in [0.3, 0.4) is 0 Å². The number of thiazole rings is 1. The van der Waals surface area contributed by atoms with Crippen LogP contribution < -0.4 is 5.32 Å². The molecule has 3 atom stereocenters. The Kier molecular flexibility index (Phi) is 4.84. The Hall–Kier alpha value is -0.410. The fraction of sp³-hybridized carbons (Fsp3) is 0.833. The molecule has 1 aliphatic carbocycles. The normalized spacial score (nSPS) is 30.9. The molecule has 1 aliphatic rings. The summed E-state index contributed by atoms with van der Waals surface area (Å²) in [6.07, 6.45) is 3.87. The molecule has 0 bridgehead atoms. The molecule has 0 radical (unpaired) electrons. The van der Waals surface area contributed by atoms with Gasteiger partial charge in [0.05, 0.1) is 11.2 Å². The molecule has 1 heterocycles. The van der Waals surface area contributed by atoms with Gasteiger partial charge in [-0.2, -0.15) is 0 Å². The highest BCUT2D eigenvalue weighted by Gasteiger charge is 2.46. The molecule has 0 amide bonds. The maximum atomic E-state index is 5.07. The van der Waals surface area contributed by atoms with E-state index < -0.39 is 0 Å². The first-order valence-corrected chi connectivity index (χ1v) is 9.24. The van der Waals surface area contributed by atoms with Gasteiger partial charge in [0.1, 0.15) is 5.01 Å². The third kappa shape index (κ3) is 3.19. The second-order valence-electron chi connectivity index (χ2n) is 8.25. The maximum Gasteiger partial charge on any atom is 0.113 e. The highest BCUT2D eigenvalue weighted by molar-refractivity contribution is 7.09. The third-order valence-electron chi connectivity index (χ3n) is 5.18. The van der Waals surface area contributed by atoms with Crippen molar-refractivity contribution in [2.24, 2.45) is 17.8 Å². The van der Waals surface area contributed by atoms with E-state index in [4.69, 9.17) is 4.98 Å². The highest BCUT2D eigenvalue weighted by atomic mass is 32.1. The monoisotopic (exact) mass is 308 g/mol. The average molecular weight is 309 g/mol. The third-order valence-corrected chi connectivity index (χ3v) is 6.20. The van der Waals surface area contributed by atoms with Crippen LogP contribution in [0.5, 0.6) is 0 Å². The fourth-order valence-corrected chi connectivity index (χ4v) is 5.21. The summed E-state index contributed by atoms with van der Waals surface area (Å²) < 4.78 is 0. The standard InChI is InChI=1S/C18H32N2S/c1-12(2)14-9-8-13(3)10-18(14,19-7)16-20-15(11-21-16)17(4,5)6/h11-14,19H,8-10H2,1-7H3. The topological polar surface area (TPSA) is 24.9 Å². The lowest BCUT2D eigenvalue weighted by atomic mass is 9.65. The number of aromatic nitrogens is 1. The van der Waals surface area contributed by atoms with Gasteiger partial charge in [0.15, 0.2) is 0 Å². The summed E-state index contributed by atoms with van der Waals surface area (Å²) in [5.74, 6) is 2.14. The molecule has 3 unspecified atom stereocenters. The van der Waals surface area contributed by atoms with Crippen molar-refractivity contribution in [3.8, 4) is 0 Å². The molecular formula is C18H32N2S. The Morgan fingerprint density at radius 2 is 2.00 bits per heavy atom. The minimum absolute atomic E-state index is 0.0694. The van der Waals surface area contributed by atoms with Gasteiger partial charge in [-0.25, -0.2) is 4.98 Å². The molecule has 1 fully saturated rings. The van der Waals surface area contributed by atoms with Crippen LogP contribution in [-0.2, 0) is 11.0 Å². The number of rotatable bonds is 3. The van der Waals surface area contributed by atoms with E-state index in [9.17, 15) is 0 Å². The van der Waals surface area contributed by atoms with Crippen LogP contribution in [0, 0.1) is 17.8 Å². The number of nitrogens with one attached hydrogen (secondary N) is 1. The van der Waals surface area contributed by atoms with Crippen molar-refractivity contribution in [1.29, 1.82) is 0 Å². The first-order valence-electron chi connectivity index (χ1n) is 8.36. The summed E-state index contributed by atoms with van der Waals surface area (Å²) in [5, 5.41) is 7.28. The van der Waals surface area contributed by atoms with Gasteiger partial charge in [0, 0.05) is 10.8 Å². The molecule has 1 aromatic rings. The predicted octanol–water partition coefficient (Wildman–Crippen LogP) is 4.95. The molecule has 2 nitrogen and oxygen atoms in total. The van der Waals surface area contributed by atoms with E-state index in [1.807, 2.05) is 11.3 Å². The van der Waals surface area contributed by atoms with Gasteiger partial charge in [0.25, 0.3) is 0 Å². The molecule has 3 heteroatoms. The lowest BCUT2D eigenvalue weighted by Gasteiger charge is -2.47. The lowest BCUT2D eigenvalue weighted by Crippen LogP contribution is -2.52. The minimum Gasteiger partial charge on any atom is -0.308 e. The number of nitrogens with zero attached hydrogens (tertiary/aromatic N) is 1. The first-order chi connectivity index (χ1) is 9.70. The molecule has 2 rings (SSSR count). The number of hydrogen-bond acceptors (Lipinski definition) is 3. The molecule has 1 N–H and O–H groups in total. The zero-order chi connectivity index (χ0) is 15.8. The Bertz CT molecular complexity index is 472. The predicted molar refractivity (Wildman–Crippen MR) is 92.9 cm³/mol. The molecule has 1 saturated carbocycles. The van der Waals surface area contributed by atoms with Crippen LogP contribution in [0.1, 0.15) is 71.5 Å². The maximum absolute atomic E-state index is 5.07. The Labute approximate surface area is 134 Å². The second kappa shape index (κ2) is 6.00. The van der Waals surface area contributed by atoms with E-state index in [2.05, 4.69) is 59.3 Å². The van der Waals surface area contributed by atoms with Gasteiger partial charge in [-0.05, 0) is 37.6 Å². The van der Waals surface area contributed by atoms with Crippen molar-refractivity contribution in [2.45, 2.75) is 71.8 Å². The van der Waals surface area contributed by atoms with Crippen LogP contribution in [0.15, 0.2) is 5.38 Å². The summed E-state index contributed by atoms with van der Waals surface area (Å²) in [5.41, 5.74) is 1.44. The minimum atomic E-state index is 0.0694. The van der Waals surface area contributed by atoms with Gasteiger partial charge < -0.3 is 5.32 Å². The molecule has 21 heavy (non-hydrogen) atoms. The van der Waals surface area contributed by atoms with E-state index in [1.54, 1.807) is 0 Å². The zero-order valence-corrected chi connectivity index (χ0v) is 15.6. The van der Waals surface area contributed by atoms with Crippen LogP contribution >= 0.6 is 11.3 Å². The van der Waals surface area contributed by atoms with Gasteiger partial charge >= 0.3 is 0 Å². The first kappa shape index (κ1) is 17.0. The van der Waals surface area contributed by atoms with Gasteiger partial charge in [-0.15, -0.1) is 11.3 Å². The second-order valence-corrected chi connectivity index (χ2v) is 9.10. The van der Waals surface area contributed by atoms with Crippen molar-refractivity contribution < 1.29 is 0 Å². The van der Waals surface area contributed by atoms with Crippen molar-refractivity contribution in [3.05, 3.63) is 16.1 Å². The van der Waals surface area contributed by atoms with Gasteiger partial charge in [0.2, 0.25) is 0 Å². The summed E-state index contributed by atoms with van der Waals surface area (Å²) in [7, 11) is 2.13. The molecule has 120 valence electrons. The van der Waals surface area contributed by atoms with Crippen molar-refractivity contribution in [2.75, 3.05) is 7.05 Å². The average Bonchev–Trinajstić information content (AvgIpc) is 2.87. The van der Waals surface area contributed by atoms with Crippen LogP contribution in [-0.4, -0.2) is 12.0 Å². The van der Waals surface area contributed by atoms with Crippen molar-refractivity contribution in [3.63, 3.8) is 0 Å². The Morgan fingerprint density at radius 3 is 2.48 bits per heavy atom. The molecule has 1 aromatic heterocycles. The molecule has 0 spiro atoms. The van der Waals surface area contributed by atoms with Crippen LogP contribution in [0.4, 0.5) is 0 Å². The van der Waals surface area contributed by atoms with Gasteiger partial charge in [-0.3, -0.25) is 0 Å². The molecular weight excluding hydrogens is 276 g/mol. The largest absolute Gasteiger partial charge is 0.308 e. The highest BCUT2D eigenvalue weighted by Crippen LogP contribution is 2.48. The molecule has 0 saturated heterocycles. The SMILES string of the molecule is CNC1(c2nc(C(C)(C)C)cs2)CC(C)CCC1C(C)C. The van der Waals surface area contributed by atoms with E-state index in [0.29, 0.717) is 11.8 Å². The molecule has 0 aliphatic heterocycles. The summed E-state index contributed by atoms with van der Waals surface area (Å²) >= 11 is 1.86. The summed E-state index contributed by atoms with van der Waals surface area (Å²) in [6, 6.07) is 0. The van der Waals surface area contributed by atoms with E-state index in [0.717, 1.165) is 5.92 Å². The lowest BCUT2D eigenvalue weighted by molar-refractivity contribution is 0.0792. The van der Waals surface area contributed by atoms with E-state index in [1.165, 1.54) is 30.0 Å². The van der Waals surface area contributed by atoms with E-state index >= 15 is 0 Å². The Morgan fingerprint density at radius 1 is 1.33 bits per heavy atom. The summed E-state index contributed by atoms with van der Waals surface area (Å²) in [6.45, 7) is 13.9.